The molecule has 1 aromatic carbocycles. The summed E-state index contributed by atoms with van der Waals surface area (Å²) in [5.74, 6) is 0. The Kier molecular flexibility index (Phi) is 2.89. The second-order valence-electron chi connectivity index (χ2n) is 3.86. The van der Waals surface area contributed by atoms with Crippen LogP contribution in [0.15, 0.2) is 47.4 Å². The van der Waals surface area contributed by atoms with Crippen LogP contribution in [-0.4, -0.2) is 9.55 Å². The van der Waals surface area contributed by atoms with Crippen LogP contribution < -0.4 is 4.87 Å². The summed E-state index contributed by atoms with van der Waals surface area (Å²) >= 11 is 7.38. The fourth-order valence-electron chi connectivity index (χ4n) is 1.88. The highest BCUT2D eigenvalue weighted by Crippen LogP contribution is 2.25. The molecule has 0 aliphatic heterocycles. The Morgan fingerprint density at radius 1 is 1.22 bits per heavy atom. The molecule has 0 saturated heterocycles. The number of pyridine rings is 1. The number of halogens is 1. The summed E-state index contributed by atoms with van der Waals surface area (Å²) in [5.41, 5.74) is 1.64. The number of hydrogen-bond donors (Lipinski definition) is 0. The van der Waals surface area contributed by atoms with E-state index in [4.69, 9.17) is 11.6 Å². The first kappa shape index (κ1) is 11.4. The van der Waals surface area contributed by atoms with Crippen LogP contribution in [0.3, 0.4) is 0 Å². The highest BCUT2D eigenvalue weighted by Gasteiger charge is 2.11. The molecule has 3 aromatic rings. The van der Waals surface area contributed by atoms with E-state index in [1.807, 2.05) is 30.3 Å². The first-order valence-corrected chi connectivity index (χ1v) is 6.63. The van der Waals surface area contributed by atoms with Crippen molar-refractivity contribution in [2.24, 2.45) is 0 Å². The quantitative estimate of drug-likeness (QED) is 0.721. The van der Waals surface area contributed by atoms with Crippen molar-refractivity contribution in [2.45, 2.75) is 6.54 Å². The summed E-state index contributed by atoms with van der Waals surface area (Å²) in [6, 6.07) is 11.2. The van der Waals surface area contributed by atoms with Gasteiger partial charge in [-0.3, -0.25) is 14.3 Å². The van der Waals surface area contributed by atoms with Crippen LogP contribution in [-0.2, 0) is 6.54 Å². The van der Waals surface area contributed by atoms with Crippen LogP contribution >= 0.6 is 22.9 Å². The summed E-state index contributed by atoms with van der Waals surface area (Å²) in [6.45, 7) is 0.448. The Morgan fingerprint density at radius 3 is 2.89 bits per heavy atom. The van der Waals surface area contributed by atoms with Gasteiger partial charge >= 0.3 is 4.87 Å². The summed E-state index contributed by atoms with van der Waals surface area (Å²) in [7, 11) is 0. The Hall–Kier alpha value is -1.65. The van der Waals surface area contributed by atoms with Crippen LogP contribution in [0.5, 0.6) is 0 Å². The average molecular weight is 277 g/mol. The summed E-state index contributed by atoms with van der Waals surface area (Å²) in [6.07, 6.45) is 1.72. The standard InChI is InChI=1S/C13H9ClN2OS/c14-10-5-3-6-11-12(10)16(13(17)18-11)8-9-4-1-2-7-15-9/h1-7H,8H2. The average Bonchev–Trinajstić information content (AvgIpc) is 2.69. The van der Waals surface area contributed by atoms with Gasteiger partial charge in [-0.2, -0.15) is 0 Å². The number of benzene rings is 1. The maximum atomic E-state index is 12.0. The number of nitrogens with zero attached hydrogens (tertiary/aromatic N) is 2. The highest BCUT2D eigenvalue weighted by atomic mass is 35.5. The van der Waals surface area contributed by atoms with E-state index in [9.17, 15) is 4.79 Å². The molecule has 0 saturated carbocycles. The third-order valence-electron chi connectivity index (χ3n) is 2.68. The smallest absolute Gasteiger partial charge is 0.291 e. The van der Waals surface area contributed by atoms with Crippen molar-refractivity contribution in [3.8, 4) is 0 Å². The molecule has 0 spiro atoms. The summed E-state index contributed by atoms with van der Waals surface area (Å²) in [5, 5.41) is 0.599. The molecule has 18 heavy (non-hydrogen) atoms. The monoisotopic (exact) mass is 276 g/mol. The molecule has 0 aliphatic carbocycles. The van der Waals surface area contributed by atoms with Crippen molar-refractivity contribution in [3.05, 3.63) is 63.0 Å². The van der Waals surface area contributed by atoms with Gasteiger partial charge in [-0.25, -0.2) is 0 Å². The van der Waals surface area contributed by atoms with E-state index in [0.717, 1.165) is 15.9 Å². The molecule has 0 unspecified atom stereocenters. The van der Waals surface area contributed by atoms with Gasteiger partial charge in [0.25, 0.3) is 0 Å². The van der Waals surface area contributed by atoms with Crippen molar-refractivity contribution < 1.29 is 0 Å². The molecule has 5 heteroatoms. The van der Waals surface area contributed by atoms with Crippen molar-refractivity contribution in [1.82, 2.24) is 9.55 Å². The van der Waals surface area contributed by atoms with Gasteiger partial charge in [0.1, 0.15) is 0 Å². The molecule has 0 N–H and O–H groups in total. The Morgan fingerprint density at radius 2 is 2.11 bits per heavy atom. The fourth-order valence-corrected chi connectivity index (χ4v) is 3.13. The zero-order chi connectivity index (χ0) is 12.5. The van der Waals surface area contributed by atoms with Crippen molar-refractivity contribution in [1.29, 1.82) is 0 Å². The summed E-state index contributed by atoms with van der Waals surface area (Å²) in [4.78, 5) is 16.2. The highest BCUT2D eigenvalue weighted by molar-refractivity contribution is 7.16. The first-order chi connectivity index (χ1) is 8.75. The number of fused-ring (bicyclic) bond motifs is 1. The van der Waals surface area contributed by atoms with Gasteiger partial charge in [-0.15, -0.1) is 0 Å². The Labute approximate surface area is 112 Å². The SMILES string of the molecule is O=c1sc2cccc(Cl)c2n1Cc1ccccn1. The number of hydrogen-bond acceptors (Lipinski definition) is 3. The zero-order valence-corrected chi connectivity index (χ0v) is 10.9. The second kappa shape index (κ2) is 4.55. The van der Waals surface area contributed by atoms with Gasteiger partial charge in [-0.1, -0.05) is 35.1 Å². The van der Waals surface area contributed by atoms with Gasteiger partial charge in [0.05, 0.1) is 27.5 Å². The lowest BCUT2D eigenvalue weighted by atomic mass is 10.3. The van der Waals surface area contributed by atoms with Gasteiger partial charge in [-0.05, 0) is 24.3 Å². The molecule has 0 fully saturated rings. The Bertz CT molecular complexity index is 749. The lowest BCUT2D eigenvalue weighted by Gasteiger charge is -2.04. The van der Waals surface area contributed by atoms with Crippen LogP contribution in [0.1, 0.15) is 5.69 Å². The number of para-hydroxylation sites is 1. The van der Waals surface area contributed by atoms with Crippen LogP contribution in [0.25, 0.3) is 10.2 Å². The van der Waals surface area contributed by atoms with Gasteiger partial charge < -0.3 is 0 Å². The Balaban J connectivity index is 2.17. The van der Waals surface area contributed by atoms with Crippen molar-refractivity contribution in [3.63, 3.8) is 0 Å². The third kappa shape index (κ3) is 1.94. The minimum Gasteiger partial charge on any atom is -0.291 e. The van der Waals surface area contributed by atoms with Crippen molar-refractivity contribution >= 4 is 33.2 Å². The zero-order valence-electron chi connectivity index (χ0n) is 9.34. The number of aromatic nitrogens is 2. The molecule has 3 rings (SSSR count). The van der Waals surface area contributed by atoms with E-state index >= 15 is 0 Å². The van der Waals surface area contributed by atoms with E-state index < -0.39 is 0 Å². The molecule has 2 aromatic heterocycles. The molecule has 0 atom stereocenters. The first-order valence-electron chi connectivity index (χ1n) is 5.43. The lowest BCUT2D eigenvalue weighted by Crippen LogP contribution is -2.14. The normalized spacial score (nSPS) is 10.9. The van der Waals surface area contributed by atoms with E-state index in [2.05, 4.69) is 4.98 Å². The fraction of sp³-hybridized carbons (Fsp3) is 0.0769. The van der Waals surface area contributed by atoms with Crippen LogP contribution in [0.4, 0.5) is 0 Å². The maximum absolute atomic E-state index is 12.0. The van der Waals surface area contributed by atoms with E-state index in [1.54, 1.807) is 16.8 Å². The van der Waals surface area contributed by atoms with E-state index in [-0.39, 0.29) is 4.87 Å². The molecule has 0 amide bonds. The molecule has 90 valence electrons. The molecule has 0 bridgehead atoms. The second-order valence-corrected chi connectivity index (χ2v) is 5.26. The van der Waals surface area contributed by atoms with E-state index in [0.29, 0.717) is 11.6 Å². The number of thiazole rings is 1. The van der Waals surface area contributed by atoms with Crippen molar-refractivity contribution in [2.75, 3.05) is 0 Å². The van der Waals surface area contributed by atoms with E-state index in [1.165, 1.54) is 11.3 Å². The van der Waals surface area contributed by atoms with Gasteiger partial charge in [0, 0.05) is 6.20 Å². The molecule has 0 radical (unpaired) electrons. The predicted molar refractivity (Wildman–Crippen MR) is 74.4 cm³/mol. The summed E-state index contributed by atoms with van der Waals surface area (Å²) < 4.78 is 2.58. The number of rotatable bonds is 2. The molecular formula is C13H9ClN2OS. The lowest BCUT2D eigenvalue weighted by molar-refractivity contribution is 0.789. The van der Waals surface area contributed by atoms with Crippen LogP contribution in [0.2, 0.25) is 5.02 Å². The molecular weight excluding hydrogens is 268 g/mol. The minimum absolute atomic E-state index is 0.0104. The largest absolute Gasteiger partial charge is 0.308 e. The van der Waals surface area contributed by atoms with Gasteiger partial charge in [0.2, 0.25) is 0 Å². The predicted octanol–water partition coefficient (Wildman–Crippen LogP) is 3.16. The minimum atomic E-state index is -0.0104. The molecule has 2 heterocycles. The third-order valence-corrected chi connectivity index (χ3v) is 3.93. The van der Waals surface area contributed by atoms with Gasteiger partial charge in [0.15, 0.2) is 0 Å². The van der Waals surface area contributed by atoms with Crippen LogP contribution in [0, 0.1) is 0 Å². The maximum Gasteiger partial charge on any atom is 0.308 e. The topological polar surface area (TPSA) is 34.9 Å². The molecule has 0 aliphatic rings. The molecule has 3 nitrogen and oxygen atoms in total.